The van der Waals surface area contributed by atoms with Crippen LogP contribution in [0.2, 0.25) is 0 Å². The predicted molar refractivity (Wildman–Crippen MR) is 104 cm³/mol. The van der Waals surface area contributed by atoms with E-state index in [1.165, 1.54) is 11.1 Å². The first-order chi connectivity index (χ1) is 13.3. The van der Waals surface area contributed by atoms with Crippen molar-refractivity contribution in [3.8, 4) is 16.9 Å². The first-order valence-electron chi connectivity index (χ1n) is 9.05. The van der Waals surface area contributed by atoms with Gasteiger partial charge in [-0.15, -0.1) is 5.43 Å². The summed E-state index contributed by atoms with van der Waals surface area (Å²) < 4.78 is 7.31. The number of ether oxygens (including phenoxy) is 1. The molecule has 0 aromatic heterocycles. The van der Waals surface area contributed by atoms with Crippen molar-refractivity contribution in [2.45, 2.75) is 12.5 Å². The number of rotatable bonds is 2. The van der Waals surface area contributed by atoms with Gasteiger partial charge in [-0.25, -0.2) is 0 Å². The summed E-state index contributed by atoms with van der Waals surface area (Å²) in [5, 5.41) is 0. The van der Waals surface area contributed by atoms with Gasteiger partial charge in [0.1, 0.15) is 12.2 Å². The van der Waals surface area contributed by atoms with Crippen molar-refractivity contribution in [2.75, 3.05) is 7.11 Å². The number of benzene rings is 3. The van der Waals surface area contributed by atoms with Gasteiger partial charge in [0.2, 0.25) is 11.8 Å². The number of amides is 1. The molecular weight excluding hydrogens is 336 g/mol. The van der Waals surface area contributed by atoms with Crippen LogP contribution in [0.1, 0.15) is 29.2 Å². The first kappa shape index (κ1) is 15.8. The second-order valence-corrected chi connectivity index (χ2v) is 6.84. The molecule has 0 unspecified atom stereocenters. The van der Waals surface area contributed by atoms with Crippen molar-refractivity contribution in [2.24, 2.45) is 0 Å². The number of nitrogens with zero attached hydrogens (tertiary/aromatic N) is 1. The summed E-state index contributed by atoms with van der Waals surface area (Å²) in [6.45, 7) is 0. The van der Waals surface area contributed by atoms with Crippen LogP contribution in [0, 0.1) is 0 Å². The molecule has 1 aliphatic carbocycles. The molecule has 3 aromatic rings. The molecule has 5 rings (SSSR count). The summed E-state index contributed by atoms with van der Waals surface area (Å²) in [6.07, 6.45) is 0.431. The lowest BCUT2D eigenvalue weighted by atomic mass is 10.0. The van der Waals surface area contributed by atoms with Crippen molar-refractivity contribution in [1.82, 2.24) is 5.43 Å². The normalized spacial score (nSPS) is 17.5. The lowest BCUT2D eigenvalue weighted by Crippen LogP contribution is -2.32. The summed E-state index contributed by atoms with van der Waals surface area (Å²) >= 11 is 0. The fourth-order valence-corrected chi connectivity index (χ4v) is 4.08. The lowest BCUT2D eigenvalue weighted by Gasteiger charge is -2.10. The van der Waals surface area contributed by atoms with Gasteiger partial charge in [0.15, 0.2) is 0 Å². The lowest BCUT2D eigenvalue weighted by molar-refractivity contribution is -0.598. The largest absolute Gasteiger partial charge is 0.497 e. The Hall–Kier alpha value is -3.40. The van der Waals surface area contributed by atoms with Crippen LogP contribution in [0.5, 0.6) is 5.75 Å². The monoisotopic (exact) mass is 355 g/mol. The van der Waals surface area contributed by atoms with Gasteiger partial charge in [-0.2, -0.15) is 0 Å². The molecule has 0 spiro atoms. The maximum absolute atomic E-state index is 12.4. The third kappa shape index (κ3) is 2.45. The Balaban J connectivity index is 1.72. The van der Waals surface area contributed by atoms with Crippen LogP contribution < -0.4 is 10.2 Å². The van der Waals surface area contributed by atoms with Crippen LogP contribution >= 0.6 is 0 Å². The summed E-state index contributed by atoms with van der Waals surface area (Å²) in [6, 6.07) is 24.6. The van der Waals surface area contributed by atoms with E-state index >= 15 is 0 Å². The molecule has 4 nitrogen and oxygen atoms in total. The van der Waals surface area contributed by atoms with E-state index in [9.17, 15) is 4.79 Å². The van der Waals surface area contributed by atoms with E-state index in [2.05, 4.69) is 41.8 Å². The minimum Gasteiger partial charge on any atom is -0.497 e. The predicted octanol–water partition coefficient (Wildman–Crippen LogP) is 3.70. The third-order valence-electron chi connectivity index (χ3n) is 5.33. The molecule has 132 valence electrons. The molecule has 2 aliphatic rings. The zero-order valence-electron chi connectivity index (χ0n) is 15.0. The highest BCUT2D eigenvalue weighted by Crippen LogP contribution is 2.38. The maximum atomic E-state index is 12.4. The molecule has 1 heterocycles. The van der Waals surface area contributed by atoms with Gasteiger partial charge in [-0.3, -0.25) is 4.79 Å². The molecule has 1 atom stereocenters. The molecule has 27 heavy (non-hydrogen) atoms. The fourth-order valence-electron chi connectivity index (χ4n) is 4.08. The molecule has 1 aliphatic heterocycles. The molecule has 0 saturated carbocycles. The number of hydrazine groups is 1. The van der Waals surface area contributed by atoms with Gasteiger partial charge in [-0.1, -0.05) is 41.1 Å². The van der Waals surface area contributed by atoms with E-state index in [1.54, 1.807) is 7.11 Å². The zero-order chi connectivity index (χ0) is 18.4. The number of hydrogen-bond donors (Lipinski definition) is 1. The summed E-state index contributed by atoms with van der Waals surface area (Å²) in [7, 11) is 1.66. The van der Waals surface area contributed by atoms with Gasteiger partial charge in [-0.05, 0) is 47.5 Å². The Bertz CT molecular complexity index is 1040. The average Bonchev–Trinajstić information content (AvgIpc) is 3.25. The van der Waals surface area contributed by atoms with Crippen molar-refractivity contribution < 1.29 is 14.2 Å². The molecular formula is C23H19N2O2+. The van der Waals surface area contributed by atoms with E-state index in [0.29, 0.717) is 6.42 Å². The number of hydrogen-bond acceptors (Lipinski definition) is 2. The van der Waals surface area contributed by atoms with Gasteiger partial charge in [0.25, 0.3) is 5.91 Å². The molecule has 1 N–H and O–H groups in total. The number of nitrogens with one attached hydrogen (secondary N) is 1. The van der Waals surface area contributed by atoms with Crippen LogP contribution in [0.25, 0.3) is 11.1 Å². The fraction of sp³-hybridized carbons (Fsp3) is 0.130. The van der Waals surface area contributed by atoms with E-state index in [0.717, 1.165) is 28.2 Å². The van der Waals surface area contributed by atoms with Gasteiger partial charge in [0.05, 0.1) is 18.2 Å². The van der Waals surface area contributed by atoms with Crippen LogP contribution in [0.15, 0.2) is 72.8 Å². The Labute approximate surface area is 157 Å². The van der Waals surface area contributed by atoms with Crippen molar-refractivity contribution in [1.29, 1.82) is 0 Å². The van der Waals surface area contributed by atoms with E-state index in [4.69, 9.17) is 4.74 Å². The van der Waals surface area contributed by atoms with Crippen LogP contribution in [0.3, 0.4) is 0 Å². The summed E-state index contributed by atoms with van der Waals surface area (Å²) in [5.74, 6) is 0.844. The molecule has 0 bridgehead atoms. The van der Waals surface area contributed by atoms with Gasteiger partial charge in [0, 0.05) is 5.56 Å². The highest BCUT2D eigenvalue weighted by atomic mass is 16.5. The third-order valence-corrected chi connectivity index (χ3v) is 5.33. The molecule has 1 amide bonds. The van der Waals surface area contributed by atoms with Gasteiger partial charge >= 0.3 is 0 Å². The minimum absolute atomic E-state index is 0.0326. The van der Waals surface area contributed by atoms with E-state index < -0.39 is 0 Å². The van der Waals surface area contributed by atoms with Crippen molar-refractivity contribution >= 4 is 11.6 Å². The highest BCUT2D eigenvalue weighted by molar-refractivity contribution is 6.22. The average molecular weight is 355 g/mol. The Kier molecular flexibility index (Phi) is 3.57. The molecule has 0 radical (unpaired) electrons. The summed E-state index contributed by atoms with van der Waals surface area (Å²) in [5.41, 5.74) is 9.95. The molecule has 3 aromatic carbocycles. The molecule has 1 fully saturated rings. The highest BCUT2D eigenvalue weighted by Gasteiger charge is 2.42. The molecule has 4 heteroatoms. The quantitative estimate of drug-likeness (QED) is 0.557. The topological polar surface area (TPSA) is 41.3 Å². The zero-order valence-corrected chi connectivity index (χ0v) is 15.0. The SMILES string of the molecule is COc1ccc([C@H]2CC(=O)N[N+]2=C2c3ccccc3-c3ccccc32)cc1. The summed E-state index contributed by atoms with van der Waals surface area (Å²) in [4.78, 5) is 12.4. The number of hydrazone groups is 1. The van der Waals surface area contributed by atoms with Crippen LogP contribution in [-0.2, 0) is 4.79 Å². The number of fused-ring (bicyclic) bond motifs is 3. The first-order valence-corrected chi connectivity index (χ1v) is 9.05. The molecule has 1 saturated heterocycles. The Morgan fingerprint density at radius 1 is 0.852 bits per heavy atom. The number of carbonyl (C=O) groups is 1. The van der Waals surface area contributed by atoms with Crippen LogP contribution in [-0.4, -0.2) is 23.4 Å². The second kappa shape index (κ2) is 6.09. The van der Waals surface area contributed by atoms with Gasteiger partial charge < -0.3 is 4.74 Å². The maximum Gasteiger partial charge on any atom is 0.281 e. The standard InChI is InChI=1S/C23H18N2O2/c1-27-16-12-10-15(11-13-16)21-14-22(26)24-25(21)23-19-8-4-2-6-17(19)18-7-3-5-9-20(18)23/h2-13,21H,14H2,1H3/p+1/t21-/m1/s1. The smallest absolute Gasteiger partial charge is 0.281 e. The Morgan fingerprint density at radius 3 is 1.96 bits per heavy atom. The number of methoxy groups -OCH3 is 1. The van der Waals surface area contributed by atoms with Crippen molar-refractivity contribution in [3.63, 3.8) is 0 Å². The van der Waals surface area contributed by atoms with Crippen LogP contribution in [0.4, 0.5) is 0 Å². The Morgan fingerprint density at radius 2 is 1.41 bits per heavy atom. The van der Waals surface area contributed by atoms with E-state index in [1.807, 2.05) is 41.1 Å². The second-order valence-electron chi connectivity index (χ2n) is 6.84. The van der Waals surface area contributed by atoms with Crippen molar-refractivity contribution in [3.05, 3.63) is 89.5 Å². The minimum atomic E-state index is -0.0578. The number of carbonyl (C=O) groups excluding carboxylic acids is 1. The van der Waals surface area contributed by atoms with E-state index in [-0.39, 0.29) is 11.9 Å².